The van der Waals surface area contributed by atoms with Crippen molar-refractivity contribution >= 4 is 23.6 Å². The highest BCUT2D eigenvalue weighted by Crippen LogP contribution is 2.40. The Kier molecular flexibility index (Phi) is 11.7. The van der Waals surface area contributed by atoms with Crippen molar-refractivity contribution in [3.05, 3.63) is 64.4 Å². The maximum absolute atomic E-state index is 13.9. The molecule has 0 bridgehead atoms. The zero-order valence-electron chi connectivity index (χ0n) is 23.7. The normalized spacial score (nSPS) is 16.8. The van der Waals surface area contributed by atoms with Crippen molar-refractivity contribution in [3.8, 4) is 0 Å². The summed E-state index contributed by atoms with van der Waals surface area (Å²) in [6.07, 6.45) is -1.19. The van der Waals surface area contributed by atoms with Crippen molar-refractivity contribution in [1.82, 2.24) is 4.90 Å². The first-order valence-electron chi connectivity index (χ1n) is 13.3. The van der Waals surface area contributed by atoms with E-state index in [9.17, 15) is 18.0 Å². The topological polar surface area (TPSA) is 74.5 Å². The second-order valence-corrected chi connectivity index (χ2v) is 9.86. The quantitative estimate of drug-likeness (QED) is 0.229. The summed E-state index contributed by atoms with van der Waals surface area (Å²) < 4.78 is 47.3. The predicted octanol–water partition coefficient (Wildman–Crippen LogP) is 6.87. The number of hydrogen-bond donors (Lipinski definition) is 1. The van der Waals surface area contributed by atoms with E-state index in [1.165, 1.54) is 7.05 Å². The minimum atomic E-state index is -4.57. The molecule has 1 aliphatic carbocycles. The SMILES string of the molecule is C=C(C=NC(=NC)C1=CC(C(F)(F)F)=C(OC(C)C)C(C)C1)c1cccc(CN(CC)CCC(=O)O)c1CC. The smallest absolute Gasteiger partial charge is 0.419 e. The van der Waals surface area contributed by atoms with Gasteiger partial charge in [-0.15, -0.1) is 0 Å². The number of nitrogens with zero attached hydrogens (tertiary/aromatic N) is 3. The molecule has 1 aliphatic rings. The summed E-state index contributed by atoms with van der Waals surface area (Å²) in [6.45, 7) is 15.1. The maximum Gasteiger partial charge on any atom is 0.419 e. The van der Waals surface area contributed by atoms with Crippen molar-refractivity contribution in [2.45, 2.75) is 72.7 Å². The van der Waals surface area contributed by atoms with Crippen molar-refractivity contribution < 1.29 is 27.8 Å². The molecule has 1 aromatic rings. The third-order valence-corrected chi connectivity index (χ3v) is 6.52. The third-order valence-electron chi connectivity index (χ3n) is 6.52. The van der Waals surface area contributed by atoms with Gasteiger partial charge in [0.2, 0.25) is 0 Å². The Morgan fingerprint density at radius 1 is 1.31 bits per heavy atom. The van der Waals surface area contributed by atoms with Gasteiger partial charge >= 0.3 is 12.1 Å². The van der Waals surface area contributed by atoms with Crippen LogP contribution in [0.25, 0.3) is 5.57 Å². The fourth-order valence-corrected chi connectivity index (χ4v) is 4.64. The summed E-state index contributed by atoms with van der Waals surface area (Å²) in [6, 6.07) is 5.88. The molecule has 0 radical (unpaired) electrons. The predicted molar refractivity (Wildman–Crippen MR) is 151 cm³/mol. The number of ether oxygens (including phenoxy) is 1. The summed E-state index contributed by atoms with van der Waals surface area (Å²) in [4.78, 5) is 21.7. The Labute approximate surface area is 229 Å². The highest BCUT2D eigenvalue weighted by atomic mass is 19.4. The largest absolute Gasteiger partial charge is 0.494 e. The lowest BCUT2D eigenvalue weighted by Gasteiger charge is -2.28. The van der Waals surface area contributed by atoms with Crippen LogP contribution in [0.3, 0.4) is 0 Å². The van der Waals surface area contributed by atoms with E-state index >= 15 is 0 Å². The van der Waals surface area contributed by atoms with E-state index in [-0.39, 0.29) is 24.1 Å². The van der Waals surface area contributed by atoms with Crippen LogP contribution in [0.15, 0.2) is 57.7 Å². The van der Waals surface area contributed by atoms with Crippen LogP contribution in [-0.4, -0.2) is 60.4 Å². The number of alkyl halides is 3. The molecule has 1 unspecified atom stereocenters. The van der Waals surface area contributed by atoms with Gasteiger partial charge in [0.25, 0.3) is 0 Å². The van der Waals surface area contributed by atoms with Gasteiger partial charge in [-0.3, -0.25) is 14.7 Å². The summed E-state index contributed by atoms with van der Waals surface area (Å²) in [5.74, 6) is -1.16. The Morgan fingerprint density at radius 3 is 2.54 bits per heavy atom. The number of aliphatic imine (C=N–C) groups is 2. The summed E-state index contributed by atoms with van der Waals surface area (Å²) in [5.41, 5.74) is 3.23. The Bertz CT molecular complexity index is 1160. The van der Waals surface area contributed by atoms with Gasteiger partial charge < -0.3 is 9.84 Å². The molecule has 0 aliphatic heterocycles. The first-order valence-corrected chi connectivity index (χ1v) is 13.3. The van der Waals surface area contributed by atoms with E-state index in [0.717, 1.165) is 29.2 Å². The van der Waals surface area contributed by atoms with Gasteiger partial charge in [0, 0.05) is 32.3 Å². The van der Waals surface area contributed by atoms with Gasteiger partial charge in [0.1, 0.15) is 11.6 Å². The Balaban J connectivity index is 2.36. The molecular weight excluding hydrogens is 507 g/mol. The van der Waals surface area contributed by atoms with Gasteiger partial charge in [-0.05, 0) is 67.1 Å². The highest BCUT2D eigenvalue weighted by Gasteiger charge is 2.40. The molecule has 0 fully saturated rings. The number of aliphatic carboxylic acids is 1. The van der Waals surface area contributed by atoms with E-state index in [2.05, 4.69) is 21.5 Å². The van der Waals surface area contributed by atoms with Crippen LogP contribution in [0.1, 0.15) is 64.2 Å². The van der Waals surface area contributed by atoms with E-state index < -0.39 is 23.6 Å². The minimum Gasteiger partial charge on any atom is -0.494 e. The number of amidine groups is 1. The first kappa shape index (κ1) is 32.0. The number of rotatable bonds is 12. The van der Waals surface area contributed by atoms with Crippen LogP contribution in [0.4, 0.5) is 13.2 Å². The second-order valence-electron chi connectivity index (χ2n) is 9.86. The van der Waals surface area contributed by atoms with Gasteiger partial charge in [0.05, 0.1) is 18.1 Å². The average molecular weight is 548 g/mol. The fraction of sp³-hybridized carbons (Fsp3) is 0.500. The number of allylic oxidation sites excluding steroid dienone is 4. The van der Waals surface area contributed by atoms with Crippen molar-refractivity contribution in [3.63, 3.8) is 0 Å². The van der Waals surface area contributed by atoms with Gasteiger partial charge in [-0.2, -0.15) is 13.2 Å². The molecule has 2 rings (SSSR count). The molecule has 0 saturated heterocycles. The van der Waals surface area contributed by atoms with Crippen molar-refractivity contribution in [1.29, 1.82) is 0 Å². The number of hydrogen-bond acceptors (Lipinski definition) is 4. The van der Waals surface area contributed by atoms with Gasteiger partial charge in [0.15, 0.2) is 0 Å². The van der Waals surface area contributed by atoms with Crippen LogP contribution in [0, 0.1) is 5.92 Å². The zero-order valence-corrected chi connectivity index (χ0v) is 23.7. The monoisotopic (exact) mass is 547 g/mol. The molecule has 0 amide bonds. The van der Waals surface area contributed by atoms with E-state index in [1.54, 1.807) is 27.0 Å². The van der Waals surface area contributed by atoms with E-state index in [4.69, 9.17) is 9.84 Å². The Hall–Kier alpha value is -3.20. The lowest BCUT2D eigenvalue weighted by Crippen LogP contribution is -2.26. The van der Waals surface area contributed by atoms with Crippen molar-refractivity contribution in [2.75, 3.05) is 20.1 Å². The second kappa shape index (κ2) is 14.3. The molecule has 0 spiro atoms. The Morgan fingerprint density at radius 2 is 2.00 bits per heavy atom. The molecule has 9 heteroatoms. The number of carboxylic acid groups (broad SMARTS) is 1. The van der Waals surface area contributed by atoms with Crippen LogP contribution >= 0.6 is 0 Å². The molecular formula is C30H40F3N3O3. The molecule has 0 heterocycles. The standard InChI is InChI=1S/C30H40F3N3O3/c1-8-24-22(18-36(9-2)14-13-27(37)38)11-10-12-25(24)21(6)17-35-29(34-7)23-15-20(5)28(39-19(3)4)26(16-23)30(31,32)33/h10-12,16-17,19-20H,6,8-9,13-15,18H2,1-5,7H3,(H,37,38). The molecule has 6 nitrogen and oxygen atoms in total. The van der Waals surface area contributed by atoms with Crippen LogP contribution in [0.2, 0.25) is 0 Å². The lowest BCUT2D eigenvalue weighted by atomic mass is 9.88. The van der Waals surface area contributed by atoms with Crippen molar-refractivity contribution in [2.24, 2.45) is 15.9 Å². The van der Waals surface area contributed by atoms with Gasteiger partial charge in [-0.1, -0.05) is 45.5 Å². The molecule has 0 saturated carbocycles. The van der Waals surface area contributed by atoms with Crippen LogP contribution in [0.5, 0.6) is 0 Å². The number of halogens is 3. The maximum atomic E-state index is 13.9. The average Bonchev–Trinajstić information content (AvgIpc) is 2.86. The minimum absolute atomic E-state index is 0.0565. The molecule has 1 aromatic carbocycles. The molecule has 214 valence electrons. The third kappa shape index (κ3) is 8.92. The van der Waals surface area contributed by atoms with Crippen LogP contribution in [-0.2, 0) is 22.5 Å². The lowest BCUT2D eigenvalue weighted by molar-refractivity contribution is -0.137. The van der Waals surface area contributed by atoms with E-state index in [1.807, 2.05) is 32.0 Å². The first-order chi connectivity index (χ1) is 18.3. The number of carbonyl (C=O) groups is 1. The number of benzene rings is 1. The summed E-state index contributed by atoms with van der Waals surface area (Å²) in [5, 5.41) is 9.05. The number of carboxylic acids is 1. The molecule has 0 aromatic heterocycles. The zero-order chi connectivity index (χ0) is 29.3. The fourth-order valence-electron chi connectivity index (χ4n) is 4.64. The summed E-state index contributed by atoms with van der Waals surface area (Å²) in [7, 11) is 1.51. The molecule has 1 N–H and O–H groups in total. The van der Waals surface area contributed by atoms with Crippen LogP contribution < -0.4 is 0 Å². The van der Waals surface area contributed by atoms with E-state index in [0.29, 0.717) is 37.2 Å². The molecule has 39 heavy (non-hydrogen) atoms. The van der Waals surface area contributed by atoms with Gasteiger partial charge in [-0.25, -0.2) is 4.99 Å². The summed E-state index contributed by atoms with van der Waals surface area (Å²) >= 11 is 0. The highest BCUT2D eigenvalue weighted by molar-refractivity contribution is 6.15. The molecule has 1 atom stereocenters.